The lowest BCUT2D eigenvalue weighted by Crippen LogP contribution is -2.32. The summed E-state index contributed by atoms with van der Waals surface area (Å²) in [6.07, 6.45) is 0. The van der Waals surface area contributed by atoms with E-state index in [0.29, 0.717) is 16.8 Å². The molecule has 1 aromatic carbocycles. The molecule has 0 radical (unpaired) electrons. The molecule has 3 nitrogen and oxygen atoms in total. The Morgan fingerprint density at radius 1 is 1.44 bits per heavy atom. The number of fused-ring (bicyclic) bond motifs is 1. The van der Waals surface area contributed by atoms with Gasteiger partial charge in [0.1, 0.15) is 5.75 Å². The molecule has 3 rings (SSSR count). The molecule has 1 aromatic rings. The summed E-state index contributed by atoms with van der Waals surface area (Å²) >= 11 is 6.18. The Morgan fingerprint density at radius 3 is 3.00 bits per heavy atom. The molecule has 18 heavy (non-hydrogen) atoms. The molecule has 98 valence electrons. The lowest BCUT2D eigenvalue weighted by atomic mass is 9.95. The van der Waals surface area contributed by atoms with Crippen LogP contribution in [0.3, 0.4) is 0 Å². The van der Waals surface area contributed by atoms with E-state index in [-0.39, 0.29) is 0 Å². The Labute approximate surface area is 113 Å². The fourth-order valence-electron chi connectivity index (χ4n) is 3.37. The van der Waals surface area contributed by atoms with Crippen molar-refractivity contribution in [1.29, 1.82) is 0 Å². The SMILES string of the molecule is CC1C2CNCC2CN1Cc1c(O)cccc1Cl. The van der Waals surface area contributed by atoms with Crippen LogP contribution in [0.1, 0.15) is 12.5 Å². The number of phenolic OH excluding ortho intramolecular Hbond substituents is 1. The first-order valence-electron chi connectivity index (χ1n) is 6.58. The third-order valence-electron chi connectivity index (χ3n) is 4.51. The summed E-state index contributed by atoms with van der Waals surface area (Å²) in [7, 11) is 0. The number of aromatic hydroxyl groups is 1. The number of hydrogen-bond acceptors (Lipinski definition) is 3. The van der Waals surface area contributed by atoms with Crippen LogP contribution < -0.4 is 5.32 Å². The summed E-state index contributed by atoms with van der Waals surface area (Å²) in [4.78, 5) is 2.44. The summed E-state index contributed by atoms with van der Waals surface area (Å²) in [5.74, 6) is 1.81. The molecule has 0 spiro atoms. The van der Waals surface area contributed by atoms with E-state index in [2.05, 4.69) is 17.1 Å². The normalized spacial score (nSPS) is 31.8. The smallest absolute Gasteiger partial charge is 0.121 e. The molecule has 0 bridgehead atoms. The van der Waals surface area contributed by atoms with Gasteiger partial charge in [0.05, 0.1) is 0 Å². The first-order valence-corrected chi connectivity index (χ1v) is 6.95. The van der Waals surface area contributed by atoms with Gasteiger partial charge in [0.15, 0.2) is 0 Å². The standard InChI is InChI=1S/C14H19ClN2O/c1-9-11-6-16-5-10(11)7-17(9)8-12-13(15)3-2-4-14(12)18/h2-4,9-11,16,18H,5-8H2,1H3. The van der Waals surface area contributed by atoms with Crippen molar-refractivity contribution in [2.75, 3.05) is 19.6 Å². The lowest BCUT2D eigenvalue weighted by molar-refractivity contribution is 0.229. The minimum Gasteiger partial charge on any atom is -0.508 e. The molecule has 4 heteroatoms. The van der Waals surface area contributed by atoms with Gasteiger partial charge in [0.2, 0.25) is 0 Å². The second kappa shape index (κ2) is 4.72. The Morgan fingerprint density at radius 2 is 2.28 bits per heavy atom. The average molecular weight is 267 g/mol. The highest BCUT2D eigenvalue weighted by Gasteiger charge is 2.41. The fourth-order valence-corrected chi connectivity index (χ4v) is 3.60. The Balaban J connectivity index is 1.78. The van der Waals surface area contributed by atoms with Gasteiger partial charge < -0.3 is 10.4 Å². The Bertz CT molecular complexity index is 431. The predicted molar refractivity (Wildman–Crippen MR) is 72.8 cm³/mol. The highest BCUT2D eigenvalue weighted by molar-refractivity contribution is 6.31. The van der Waals surface area contributed by atoms with Crippen LogP contribution in [0, 0.1) is 11.8 Å². The van der Waals surface area contributed by atoms with E-state index in [0.717, 1.165) is 43.6 Å². The quantitative estimate of drug-likeness (QED) is 0.860. The zero-order valence-corrected chi connectivity index (χ0v) is 11.3. The van der Waals surface area contributed by atoms with Crippen molar-refractivity contribution in [2.45, 2.75) is 19.5 Å². The van der Waals surface area contributed by atoms with Crippen LogP contribution in [0.25, 0.3) is 0 Å². The second-order valence-corrected chi connectivity index (χ2v) is 5.90. The number of benzene rings is 1. The van der Waals surface area contributed by atoms with Gasteiger partial charge in [0, 0.05) is 29.7 Å². The summed E-state index contributed by atoms with van der Waals surface area (Å²) in [6, 6.07) is 5.90. The summed E-state index contributed by atoms with van der Waals surface area (Å²) in [5.41, 5.74) is 0.860. The summed E-state index contributed by atoms with van der Waals surface area (Å²) < 4.78 is 0. The fraction of sp³-hybridized carbons (Fsp3) is 0.571. The van der Waals surface area contributed by atoms with Gasteiger partial charge in [0.25, 0.3) is 0 Å². The van der Waals surface area contributed by atoms with Crippen molar-refractivity contribution in [3.63, 3.8) is 0 Å². The molecule has 0 amide bonds. The number of hydrogen-bond donors (Lipinski definition) is 2. The first-order chi connectivity index (χ1) is 8.66. The van der Waals surface area contributed by atoms with E-state index in [4.69, 9.17) is 11.6 Å². The highest BCUT2D eigenvalue weighted by atomic mass is 35.5. The van der Waals surface area contributed by atoms with Gasteiger partial charge in [-0.15, -0.1) is 0 Å². The van der Waals surface area contributed by atoms with Crippen molar-refractivity contribution in [3.05, 3.63) is 28.8 Å². The molecule has 0 saturated carbocycles. The zero-order valence-electron chi connectivity index (χ0n) is 10.6. The second-order valence-electron chi connectivity index (χ2n) is 5.49. The molecule has 3 unspecified atom stereocenters. The van der Waals surface area contributed by atoms with E-state index in [1.807, 2.05) is 6.07 Å². The predicted octanol–water partition coefficient (Wildman–Crippen LogP) is 2.09. The largest absolute Gasteiger partial charge is 0.508 e. The third-order valence-corrected chi connectivity index (χ3v) is 4.87. The molecule has 0 aromatic heterocycles. The van der Waals surface area contributed by atoms with E-state index in [1.165, 1.54) is 0 Å². The topological polar surface area (TPSA) is 35.5 Å². The van der Waals surface area contributed by atoms with Crippen LogP contribution in [0.4, 0.5) is 0 Å². The van der Waals surface area contributed by atoms with Crippen LogP contribution in [-0.2, 0) is 6.54 Å². The van der Waals surface area contributed by atoms with E-state index in [1.54, 1.807) is 12.1 Å². The molecule has 2 fully saturated rings. The van der Waals surface area contributed by atoms with Gasteiger partial charge in [-0.05, 0) is 44.0 Å². The molecule has 2 heterocycles. The Hall–Kier alpha value is -0.770. The van der Waals surface area contributed by atoms with Crippen LogP contribution in [0.5, 0.6) is 5.75 Å². The number of nitrogens with one attached hydrogen (secondary N) is 1. The van der Waals surface area contributed by atoms with Crippen LogP contribution >= 0.6 is 11.6 Å². The Kier molecular flexibility index (Phi) is 3.22. The molecular weight excluding hydrogens is 248 g/mol. The van der Waals surface area contributed by atoms with E-state index < -0.39 is 0 Å². The molecule has 3 atom stereocenters. The van der Waals surface area contributed by atoms with Gasteiger partial charge in [-0.3, -0.25) is 4.90 Å². The minimum atomic E-state index is 0.310. The maximum absolute atomic E-state index is 9.92. The number of phenols is 1. The lowest BCUT2D eigenvalue weighted by Gasteiger charge is -2.25. The summed E-state index contributed by atoms with van der Waals surface area (Å²) in [5, 5.41) is 14.0. The van der Waals surface area contributed by atoms with Crippen molar-refractivity contribution >= 4 is 11.6 Å². The van der Waals surface area contributed by atoms with Crippen molar-refractivity contribution in [2.24, 2.45) is 11.8 Å². The first kappa shape index (κ1) is 12.3. The van der Waals surface area contributed by atoms with E-state index >= 15 is 0 Å². The van der Waals surface area contributed by atoms with Crippen molar-refractivity contribution in [1.82, 2.24) is 10.2 Å². The molecule has 2 aliphatic heterocycles. The van der Waals surface area contributed by atoms with Gasteiger partial charge in [-0.2, -0.15) is 0 Å². The van der Waals surface area contributed by atoms with E-state index in [9.17, 15) is 5.11 Å². The van der Waals surface area contributed by atoms with Crippen molar-refractivity contribution in [3.8, 4) is 5.75 Å². The van der Waals surface area contributed by atoms with Crippen molar-refractivity contribution < 1.29 is 5.11 Å². The average Bonchev–Trinajstić information content (AvgIpc) is 2.89. The van der Waals surface area contributed by atoms with Crippen LogP contribution in [0.15, 0.2) is 18.2 Å². The van der Waals surface area contributed by atoms with Crippen LogP contribution in [0.2, 0.25) is 5.02 Å². The van der Waals surface area contributed by atoms with Crippen LogP contribution in [-0.4, -0.2) is 35.7 Å². The number of nitrogens with zero attached hydrogens (tertiary/aromatic N) is 1. The maximum Gasteiger partial charge on any atom is 0.121 e. The molecule has 2 N–H and O–H groups in total. The number of halogens is 1. The minimum absolute atomic E-state index is 0.310. The molecule has 2 aliphatic rings. The monoisotopic (exact) mass is 266 g/mol. The number of likely N-dealkylation sites (tertiary alicyclic amines) is 1. The molecular formula is C14H19ClN2O. The van der Waals surface area contributed by atoms with Gasteiger partial charge >= 0.3 is 0 Å². The maximum atomic E-state index is 9.92. The number of rotatable bonds is 2. The third kappa shape index (κ3) is 2.00. The highest BCUT2D eigenvalue weighted by Crippen LogP contribution is 2.35. The zero-order chi connectivity index (χ0) is 12.7. The molecule has 2 saturated heterocycles. The van der Waals surface area contributed by atoms with Gasteiger partial charge in [-0.25, -0.2) is 0 Å². The van der Waals surface area contributed by atoms with Gasteiger partial charge in [-0.1, -0.05) is 17.7 Å². The molecule has 0 aliphatic carbocycles. The summed E-state index contributed by atoms with van der Waals surface area (Å²) in [6.45, 7) is 6.38.